The van der Waals surface area contributed by atoms with Gasteiger partial charge in [0, 0.05) is 10.6 Å². The molecule has 1 aliphatic carbocycles. The van der Waals surface area contributed by atoms with Crippen LogP contribution in [0.3, 0.4) is 0 Å². The van der Waals surface area contributed by atoms with Gasteiger partial charge in [0.2, 0.25) is 0 Å². The van der Waals surface area contributed by atoms with Crippen LogP contribution in [-0.4, -0.2) is 0 Å². The summed E-state index contributed by atoms with van der Waals surface area (Å²) in [6.07, 6.45) is 0. The third-order valence-electron chi connectivity index (χ3n) is 3.00. The molecule has 0 saturated heterocycles. The van der Waals surface area contributed by atoms with Crippen molar-refractivity contribution >= 4 is 11.6 Å². The summed E-state index contributed by atoms with van der Waals surface area (Å²) in [4.78, 5) is 0. The van der Waals surface area contributed by atoms with Gasteiger partial charge in [-0.1, -0.05) is 29.8 Å². The predicted octanol–water partition coefficient (Wildman–Crippen LogP) is 3.51. The van der Waals surface area contributed by atoms with Gasteiger partial charge in [-0.25, -0.2) is 4.39 Å². The molecular weight excluding hydrogens is 225 g/mol. The van der Waals surface area contributed by atoms with Gasteiger partial charge in [0.1, 0.15) is 5.82 Å². The van der Waals surface area contributed by atoms with Gasteiger partial charge in [0.05, 0.1) is 6.04 Å². The topological polar surface area (TPSA) is 26.0 Å². The lowest BCUT2D eigenvalue weighted by Gasteiger charge is -2.05. The van der Waals surface area contributed by atoms with E-state index in [-0.39, 0.29) is 11.9 Å². The molecule has 0 radical (unpaired) electrons. The quantitative estimate of drug-likeness (QED) is 0.741. The summed E-state index contributed by atoms with van der Waals surface area (Å²) in [7, 11) is 0. The van der Waals surface area contributed by atoms with Crippen LogP contribution < -0.4 is 5.73 Å². The summed E-state index contributed by atoms with van der Waals surface area (Å²) in [5, 5.41) is 0.665. The number of fused-ring (bicyclic) bond motifs is 3. The number of benzene rings is 2. The molecule has 3 rings (SSSR count). The van der Waals surface area contributed by atoms with Crippen molar-refractivity contribution in [3.05, 3.63) is 58.4 Å². The molecule has 0 aliphatic heterocycles. The van der Waals surface area contributed by atoms with E-state index in [2.05, 4.69) is 0 Å². The van der Waals surface area contributed by atoms with Gasteiger partial charge in [-0.3, -0.25) is 0 Å². The Labute approximate surface area is 97.7 Å². The van der Waals surface area contributed by atoms with Crippen molar-refractivity contribution in [3.8, 4) is 11.1 Å². The van der Waals surface area contributed by atoms with Crippen LogP contribution in [-0.2, 0) is 0 Å². The smallest absolute Gasteiger partial charge is 0.123 e. The van der Waals surface area contributed by atoms with Crippen LogP contribution in [0.15, 0.2) is 36.4 Å². The van der Waals surface area contributed by atoms with Crippen molar-refractivity contribution in [1.29, 1.82) is 0 Å². The number of nitrogens with two attached hydrogens (primary N) is 1. The minimum Gasteiger partial charge on any atom is -0.320 e. The Kier molecular flexibility index (Phi) is 2.03. The molecule has 0 aromatic heterocycles. The highest BCUT2D eigenvalue weighted by Crippen LogP contribution is 2.45. The van der Waals surface area contributed by atoms with Gasteiger partial charge >= 0.3 is 0 Å². The Bertz CT molecular complexity index is 580. The van der Waals surface area contributed by atoms with Crippen LogP contribution in [0.1, 0.15) is 17.2 Å². The summed E-state index contributed by atoms with van der Waals surface area (Å²) >= 11 is 6.15. The molecule has 80 valence electrons. The van der Waals surface area contributed by atoms with Crippen LogP contribution in [0.4, 0.5) is 4.39 Å². The average molecular weight is 234 g/mol. The van der Waals surface area contributed by atoms with E-state index in [1.807, 2.05) is 18.2 Å². The normalized spacial score (nSPS) is 17.1. The molecule has 16 heavy (non-hydrogen) atoms. The summed E-state index contributed by atoms with van der Waals surface area (Å²) in [5.74, 6) is -0.266. The molecule has 1 unspecified atom stereocenters. The van der Waals surface area contributed by atoms with Crippen molar-refractivity contribution in [2.24, 2.45) is 5.73 Å². The minimum absolute atomic E-state index is 0.266. The molecule has 0 saturated carbocycles. The van der Waals surface area contributed by atoms with Crippen molar-refractivity contribution < 1.29 is 4.39 Å². The molecule has 1 nitrogen and oxygen atoms in total. The van der Waals surface area contributed by atoms with Crippen LogP contribution in [0, 0.1) is 5.82 Å². The SMILES string of the molecule is NC1c2cc(F)ccc2-c2c(Cl)cccc21. The second-order valence-electron chi connectivity index (χ2n) is 3.91. The fourth-order valence-electron chi connectivity index (χ4n) is 2.27. The lowest BCUT2D eigenvalue weighted by Crippen LogP contribution is -2.08. The first-order chi connectivity index (χ1) is 7.68. The number of hydrogen-bond donors (Lipinski definition) is 1. The maximum Gasteiger partial charge on any atom is 0.123 e. The first-order valence-electron chi connectivity index (χ1n) is 5.02. The van der Waals surface area contributed by atoms with Crippen molar-refractivity contribution in [2.75, 3.05) is 0 Å². The van der Waals surface area contributed by atoms with Crippen molar-refractivity contribution in [2.45, 2.75) is 6.04 Å². The standard InChI is InChI=1S/C13H9ClFN/c14-11-3-1-2-9-12(11)8-5-4-7(15)6-10(8)13(9)16/h1-6,13H,16H2. The predicted molar refractivity (Wildman–Crippen MR) is 62.9 cm³/mol. The van der Waals surface area contributed by atoms with E-state index >= 15 is 0 Å². The van der Waals surface area contributed by atoms with Gasteiger partial charge in [0.25, 0.3) is 0 Å². The maximum absolute atomic E-state index is 13.2. The molecule has 1 aliphatic rings. The average Bonchev–Trinajstić information content (AvgIpc) is 2.55. The number of halogens is 2. The largest absolute Gasteiger partial charge is 0.320 e. The van der Waals surface area contributed by atoms with Gasteiger partial charge in [-0.15, -0.1) is 0 Å². The summed E-state index contributed by atoms with van der Waals surface area (Å²) in [6, 6.07) is 10.0. The summed E-state index contributed by atoms with van der Waals surface area (Å²) in [6.45, 7) is 0. The first kappa shape index (κ1) is 9.82. The van der Waals surface area contributed by atoms with Gasteiger partial charge in [-0.05, 0) is 34.9 Å². The Morgan fingerprint density at radius 2 is 1.94 bits per heavy atom. The number of rotatable bonds is 0. The zero-order chi connectivity index (χ0) is 11.3. The maximum atomic E-state index is 13.2. The minimum atomic E-state index is -0.278. The van der Waals surface area contributed by atoms with Gasteiger partial charge in [-0.2, -0.15) is 0 Å². The third kappa shape index (κ3) is 1.20. The Morgan fingerprint density at radius 3 is 2.75 bits per heavy atom. The van der Waals surface area contributed by atoms with Crippen LogP contribution in [0.25, 0.3) is 11.1 Å². The molecule has 2 N–H and O–H groups in total. The van der Waals surface area contributed by atoms with Crippen molar-refractivity contribution in [3.63, 3.8) is 0 Å². The lowest BCUT2D eigenvalue weighted by atomic mass is 10.1. The van der Waals surface area contributed by atoms with Crippen molar-refractivity contribution in [1.82, 2.24) is 0 Å². The van der Waals surface area contributed by atoms with E-state index in [0.717, 1.165) is 22.3 Å². The highest BCUT2D eigenvalue weighted by Gasteiger charge is 2.27. The molecule has 0 fully saturated rings. The van der Waals surface area contributed by atoms with Crippen LogP contribution in [0.2, 0.25) is 5.02 Å². The zero-order valence-corrected chi connectivity index (χ0v) is 9.13. The molecule has 0 amide bonds. The summed E-state index contributed by atoms with van der Waals surface area (Å²) < 4.78 is 13.2. The molecule has 0 spiro atoms. The lowest BCUT2D eigenvalue weighted by molar-refractivity contribution is 0.624. The molecule has 0 bridgehead atoms. The van der Waals surface area contributed by atoms with E-state index < -0.39 is 0 Å². The Balaban J connectivity index is 2.36. The zero-order valence-electron chi connectivity index (χ0n) is 8.37. The Hall–Kier alpha value is -1.38. The summed E-state index contributed by atoms with van der Waals surface area (Å²) in [5.41, 5.74) is 9.72. The molecule has 1 atom stereocenters. The molecule has 2 aromatic rings. The third-order valence-corrected chi connectivity index (χ3v) is 3.31. The fraction of sp³-hybridized carbons (Fsp3) is 0.0769. The second-order valence-corrected chi connectivity index (χ2v) is 4.32. The highest BCUT2D eigenvalue weighted by atomic mass is 35.5. The van der Waals surface area contributed by atoms with E-state index in [4.69, 9.17) is 17.3 Å². The van der Waals surface area contributed by atoms with E-state index in [1.54, 1.807) is 6.07 Å². The first-order valence-corrected chi connectivity index (χ1v) is 5.40. The van der Waals surface area contributed by atoms with Crippen LogP contribution in [0.5, 0.6) is 0 Å². The van der Waals surface area contributed by atoms with Gasteiger partial charge in [0.15, 0.2) is 0 Å². The molecule has 2 aromatic carbocycles. The second kappa shape index (κ2) is 3.30. The fourth-order valence-corrected chi connectivity index (χ4v) is 2.55. The number of hydrogen-bond acceptors (Lipinski definition) is 1. The Morgan fingerprint density at radius 1 is 1.12 bits per heavy atom. The van der Waals surface area contributed by atoms with E-state index in [1.165, 1.54) is 12.1 Å². The monoisotopic (exact) mass is 233 g/mol. The van der Waals surface area contributed by atoms with E-state index in [0.29, 0.717) is 5.02 Å². The molecular formula is C13H9ClFN. The van der Waals surface area contributed by atoms with E-state index in [9.17, 15) is 4.39 Å². The highest BCUT2D eigenvalue weighted by molar-refractivity contribution is 6.33. The molecule has 3 heteroatoms. The van der Waals surface area contributed by atoms with Crippen LogP contribution >= 0.6 is 11.6 Å². The molecule has 0 heterocycles. The van der Waals surface area contributed by atoms with Gasteiger partial charge < -0.3 is 5.73 Å².